The van der Waals surface area contributed by atoms with Crippen molar-refractivity contribution < 1.29 is 14.3 Å². The molecule has 0 unspecified atom stereocenters. The summed E-state index contributed by atoms with van der Waals surface area (Å²) in [7, 11) is 1.58. The Morgan fingerprint density at radius 3 is 2.68 bits per heavy atom. The molecule has 0 saturated heterocycles. The molecule has 0 saturated carbocycles. The minimum atomic E-state index is -0.482. The average Bonchev–Trinajstić information content (AvgIpc) is 2.77. The molecule has 0 aromatic heterocycles. The van der Waals surface area contributed by atoms with Crippen molar-refractivity contribution in [2.75, 3.05) is 7.11 Å². The van der Waals surface area contributed by atoms with E-state index in [0.717, 1.165) is 35.4 Å². The number of para-hydroxylation sites is 1. The predicted molar refractivity (Wildman–Crippen MR) is 119 cm³/mol. The lowest BCUT2D eigenvalue weighted by molar-refractivity contribution is -0.116. The van der Waals surface area contributed by atoms with Gasteiger partial charge in [0, 0.05) is 34.0 Å². The first-order valence-electron chi connectivity index (χ1n) is 10.2. The zero-order chi connectivity index (χ0) is 22.0. The van der Waals surface area contributed by atoms with Crippen molar-refractivity contribution >= 4 is 17.4 Å². The second-order valence-corrected chi connectivity index (χ2v) is 8.11. The number of halogens is 1. The maximum Gasteiger partial charge on any atom is 0.165 e. The smallest absolute Gasteiger partial charge is 0.165 e. The van der Waals surface area contributed by atoms with Crippen molar-refractivity contribution in [1.82, 2.24) is 5.32 Å². The fourth-order valence-corrected chi connectivity index (χ4v) is 4.38. The van der Waals surface area contributed by atoms with Crippen LogP contribution in [0.2, 0.25) is 5.02 Å². The lowest BCUT2D eigenvalue weighted by Crippen LogP contribution is -2.31. The van der Waals surface area contributed by atoms with E-state index in [2.05, 4.69) is 11.4 Å². The highest BCUT2D eigenvalue weighted by Crippen LogP contribution is 2.47. The summed E-state index contributed by atoms with van der Waals surface area (Å²) in [5.74, 6) is 0.692. The Balaban J connectivity index is 1.81. The third kappa shape index (κ3) is 4.04. The number of allylic oxidation sites excluding steroid dienone is 4. The fraction of sp³-hybridized carbons (Fsp3) is 0.280. The Morgan fingerprint density at radius 2 is 1.97 bits per heavy atom. The number of Topliss-reactive ketones (excluding diaryl/α,β-unsaturated/α-hetero) is 1. The molecule has 1 N–H and O–H groups in total. The molecule has 4 rings (SSSR count). The van der Waals surface area contributed by atoms with Gasteiger partial charge in [-0.3, -0.25) is 4.79 Å². The molecule has 0 spiro atoms. The highest BCUT2D eigenvalue weighted by atomic mass is 35.5. The van der Waals surface area contributed by atoms with E-state index in [0.29, 0.717) is 40.7 Å². The van der Waals surface area contributed by atoms with Gasteiger partial charge >= 0.3 is 0 Å². The zero-order valence-electron chi connectivity index (χ0n) is 17.5. The molecule has 0 fully saturated rings. The van der Waals surface area contributed by atoms with Crippen molar-refractivity contribution in [3.63, 3.8) is 0 Å². The highest BCUT2D eigenvalue weighted by Gasteiger charge is 2.37. The second-order valence-electron chi connectivity index (χ2n) is 7.67. The predicted octanol–water partition coefficient (Wildman–Crippen LogP) is 5.42. The van der Waals surface area contributed by atoms with Crippen LogP contribution < -0.4 is 14.8 Å². The van der Waals surface area contributed by atoms with E-state index in [1.54, 1.807) is 7.11 Å². The SMILES string of the molecule is COc1cccc([C@H]2C(C#N)=C(C)NC3=C2C(=O)CCC3)c1OCc1ccc(Cl)cc1. The largest absolute Gasteiger partial charge is 0.493 e. The van der Waals surface area contributed by atoms with Gasteiger partial charge in [0.1, 0.15) is 6.61 Å². The molecule has 2 aromatic rings. The van der Waals surface area contributed by atoms with E-state index in [9.17, 15) is 10.1 Å². The summed E-state index contributed by atoms with van der Waals surface area (Å²) in [6, 6.07) is 15.3. The first-order valence-corrected chi connectivity index (χ1v) is 10.6. The second kappa shape index (κ2) is 8.87. The number of nitrogens with zero attached hydrogens (tertiary/aromatic N) is 1. The van der Waals surface area contributed by atoms with Gasteiger partial charge in [-0.05, 0) is 43.5 Å². The van der Waals surface area contributed by atoms with Crippen LogP contribution in [0.4, 0.5) is 0 Å². The van der Waals surface area contributed by atoms with Gasteiger partial charge < -0.3 is 14.8 Å². The Kier molecular flexibility index (Phi) is 6.01. The monoisotopic (exact) mass is 434 g/mol. The van der Waals surface area contributed by atoms with Gasteiger partial charge in [0.25, 0.3) is 0 Å². The van der Waals surface area contributed by atoms with Gasteiger partial charge in [-0.15, -0.1) is 0 Å². The normalized spacial score (nSPS) is 18.3. The number of benzene rings is 2. The summed E-state index contributed by atoms with van der Waals surface area (Å²) >= 11 is 5.99. The molecular formula is C25H23ClN2O3. The molecule has 0 radical (unpaired) electrons. The summed E-state index contributed by atoms with van der Waals surface area (Å²) in [6.07, 6.45) is 2.09. The van der Waals surface area contributed by atoms with E-state index in [1.807, 2.05) is 49.4 Å². The molecule has 2 aromatic carbocycles. The minimum Gasteiger partial charge on any atom is -0.493 e. The number of rotatable bonds is 5. The summed E-state index contributed by atoms with van der Waals surface area (Å²) in [5, 5.41) is 13.9. The Morgan fingerprint density at radius 1 is 1.19 bits per heavy atom. The third-order valence-electron chi connectivity index (χ3n) is 5.73. The summed E-state index contributed by atoms with van der Waals surface area (Å²) in [5.41, 5.74) is 4.58. The number of hydrogen-bond donors (Lipinski definition) is 1. The molecule has 1 heterocycles. The van der Waals surface area contributed by atoms with E-state index in [4.69, 9.17) is 21.1 Å². The van der Waals surface area contributed by atoms with Gasteiger partial charge in [-0.1, -0.05) is 35.9 Å². The molecule has 1 atom stereocenters. The van der Waals surface area contributed by atoms with E-state index in [-0.39, 0.29) is 5.78 Å². The number of methoxy groups -OCH3 is 1. The van der Waals surface area contributed by atoms with Crippen LogP contribution in [0.1, 0.15) is 43.2 Å². The third-order valence-corrected chi connectivity index (χ3v) is 5.99. The van der Waals surface area contributed by atoms with Gasteiger partial charge in [-0.2, -0.15) is 5.26 Å². The first-order chi connectivity index (χ1) is 15.0. The Bertz CT molecular complexity index is 1130. The van der Waals surface area contributed by atoms with Gasteiger partial charge in [0.15, 0.2) is 17.3 Å². The van der Waals surface area contributed by atoms with Crippen LogP contribution in [0.15, 0.2) is 65.0 Å². The van der Waals surface area contributed by atoms with Crippen molar-refractivity contribution in [1.29, 1.82) is 5.26 Å². The number of nitriles is 1. The Hall–Kier alpha value is -3.23. The number of hydrogen-bond acceptors (Lipinski definition) is 5. The van der Waals surface area contributed by atoms with Crippen LogP contribution >= 0.6 is 11.6 Å². The molecular weight excluding hydrogens is 412 g/mol. The zero-order valence-corrected chi connectivity index (χ0v) is 18.3. The lowest BCUT2D eigenvalue weighted by Gasteiger charge is -2.33. The van der Waals surface area contributed by atoms with Crippen molar-refractivity contribution in [2.45, 2.75) is 38.7 Å². The topological polar surface area (TPSA) is 71.3 Å². The number of ketones is 1. The first kappa shape index (κ1) is 21.0. The molecule has 0 amide bonds. The molecule has 158 valence electrons. The van der Waals surface area contributed by atoms with Crippen LogP contribution in [-0.2, 0) is 11.4 Å². The van der Waals surface area contributed by atoms with Gasteiger partial charge in [0.2, 0.25) is 0 Å². The van der Waals surface area contributed by atoms with Crippen LogP contribution in [-0.4, -0.2) is 12.9 Å². The molecule has 5 nitrogen and oxygen atoms in total. The fourth-order valence-electron chi connectivity index (χ4n) is 4.25. The summed E-state index contributed by atoms with van der Waals surface area (Å²) in [6.45, 7) is 2.18. The van der Waals surface area contributed by atoms with Crippen LogP contribution in [0.25, 0.3) is 0 Å². The number of carbonyl (C=O) groups excluding carboxylic acids is 1. The van der Waals surface area contributed by atoms with Gasteiger partial charge in [0.05, 0.1) is 24.7 Å². The number of dihydropyridines is 1. The standard InChI is InChI=1S/C25H23ClN2O3/c1-15-19(13-27)23(24-20(28-15)6-4-7-21(24)29)18-5-3-8-22(30-2)25(18)31-14-16-9-11-17(26)12-10-16/h3,5,8-12,23,28H,4,6-7,14H2,1-2H3/t23-/m0/s1. The maximum atomic E-state index is 12.9. The molecule has 0 bridgehead atoms. The van der Waals surface area contributed by atoms with Crippen molar-refractivity contribution in [2.24, 2.45) is 0 Å². The molecule has 1 aliphatic carbocycles. The van der Waals surface area contributed by atoms with Crippen LogP contribution in [0, 0.1) is 11.3 Å². The van der Waals surface area contributed by atoms with E-state index >= 15 is 0 Å². The van der Waals surface area contributed by atoms with Crippen LogP contribution in [0.3, 0.4) is 0 Å². The lowest BCUT2D eigenvalue weighted by atomic mass is 9.75. The molecule has 6 heteroatoms. The quantitative estimate of drug-likeness (QED) is 0.680. The summed E-state index contributed by atoms with van der Waals surface area (Å²) < 4.78 is 11.8. The maximum absolute atomic E-state index is 12.9. The van der Waals surface area contributed by atoms with Gasteiger partial charge in [-0.25, -0.2) is 0 Å². The highest BCUT2D eigenvalue weighted by molar-refractivity contribution is 6.30. The van der Waals surface area contributed by atoms with Crippen molar-refractivity contribution in [3.8, 4) is 17.6 Å². The number of nitrogens with one attached hydrogen (secondary N) is 1. The van der Waals surface area contributed by atoms with Crippen LogP contribution in [0.5, 0.6) is 11.5 Å². The molecule has 2 aliphatic rings. The molecule has 31 heavy (non-hydrogen) atoms. The average molecular weight is 435 g/mol. The Labute approximate surface area is 186 Å². The summed E-state index contributed by atoms with van der Waals surface area (Å²) in [4.78, 5) is 12.9. The molecule has 1 aliphatic heterocycles. The van der Waals surface area contributed by atoms with Crippen molar-refractivity contribution in [3.05, 3.63) is 81.2 Å². The number of carbonyl (C=O) groups is 1. The minimum absolute atomic E-state index is 0.0745. The van der Waals surface area contributed by atoms with E-state index < -0.39 is 5.92 Å². The number of ether oxygens (including phenoxy) is 2. The van der Waals surface area contributed by atoms with E-state index in [1.165, 1.54) is 0 Å².